The SMILES string of the molecule is Clc1ncnc2c1[N]C=C2. The fourth-order valence-electron chi connectivity index (χ4n) is 0.793. The first-order valence-corrected chi connectivity index (χ1v) is 3.13. The number of aromatic nitrogens is 2. The molecule has 1 aromatic rings. The molecule has 0 spiro atoms. The van der Waals surface area contributed by atoms with Gasteiger partial charge in [0.1, 0.15) is 12.0 Å². The van der Waals surface area contributed by atoms with Crippen LogP contribution in [-0.4, -0.2) is 9.97 Å². The minimum Gasteiger partial charge on any atom is -0.251 e. The maximum Gasteiger partial charge on any atom is 0.158 e. The molecule has 0 unspecified atom stereocenters. The molecule has 1 radical (unpaired) electrons. The summed E-state index contributed by atoms with van der Waals surface area (Å²) in [5, 5.41) is 4.37. The Bertz CT molecular complexity index is 295. The molecule has 2 heterocycles. The third kappa shape index (κ3) is 0.675. The summed E-state index contributed by atoms with van der Waals surface area (Å²) < 4.78 is 0. The average Bonchev–Trinajstić information content (AvgIpc) is 2.36. The molecule has 0 saturated heterocycles. The zero-order chi connectivity index (χ0) is 6.97. The van der Waals surface area contributed by atoms with Crippen molar-refractivity contribution in [1.29, 1.82) is 0 Å². The summed E-state index contributed by atoms with van der Waals surface area (Å²) in [5.41, 5.74) is 1.46. The smallest absolute Gasteiger partial charge is 0.158 e. The summed E-state index contributed by atoms with van der Waals surface area (Å²) in [5.74, 6) is 0. The summed E-state index contributed by atoms with van der Waals surface area (Å²) in [6.07, 6.45) is 4.88. The summed E-state index contributed by atoms with van der Waals surface area (Å²) >= 11 is 5.68. The van der Waals surface area contributed by atoms with Gasteiger partial charge in [0.25, 0.3) is 0 Å². The van der Waals surface area contributed by atoms with E-state index in [2.05, 4.69) is 15.3 Å². The fourth-order valence-corrected chi connectivity index (χ4v) is 0.983. The van der Waals surface area contributed by atoms with Gasteiger partial charge in [0.15, 0.2) is 5.15 Å². The van der Waals surface area contributed by atoms with Crippen LogP contribution in [0.1, 0.15) is 5.69 Å². The van der Waals surface area contributed by atoms with Crippen LogP contribution in [0.4, 0.5) is 5.69 Å². The van der Waals surface area contributed by atoms with Crippen LogP contribution in [0.3, 0.4) is 0 Å². The fraction of sp³-hybridized carbons (Fsp3) is 0. The Morgan fingerprint density at radius 3 is 3.00 bits per heavy atom. The number of rotatable bonds is 0. The molecule has 0 saturated carbocycles. The molecule has 4 heteroatoms. The third-order valence-corrected chi connectivity index (χ3v) is 1.52. The number of halogens is 1. The number of fused-ring (bicyclic) bond motifs is 1. The van der Waals surface area contributed by atoms with E-state index in [1.54, 1.807) is 12.3 Å². The van der Waals surface area contributed by atoms with Gasteiger partial charge in [-0.1, -0.05) is 11.6 Å². The number of hydrogen-bond acceptors (Lipinski definition) is 2. The third-order valence-electron chi connectivity index (χ3n) is 1.24. The second-order valence-electron chi connectivity index (χ2n) is 1.84. The Balaban J connectivity index is 2.66. The van der Waals surface area contributed by atoms with Crippen molar-refractivity contribution in [2.75, 3.05) is 0 Å². The van der Waals surface area contributed by atoms with Crippen LogP contribution in [0.25, 0.3) is 6.08 Å². The van der Waals surface area contributed by atoms with Gasteiger partial charge in [0, 0.05) is 6.20 Å². The van der Waals surface area contributed by atoms with Gasteiger partial charge >= 0.3 is 0 Å². The predicted molar refractivity (Wildman–Crippen MR) is 37.9 cm³/mol. The van der Waals surface area contributed by atoms with Crippen LogP contribution in [0.5, 0.6) is 0 Å². The van der Waals surface area contributed by atoms with E-state index in [-0.39, 0.29) is 0 Å². The van der Waals surface area contributed by atoms with Gasteiger partial charge < -0.3 is 0 Å². The first-order valence-electron chi connectivity index (χ1n) is 2.76. The molecule has 1 aromatic heterocycles. The first-order chi connectivity index (χ1) is 4.88. The van der Waals surface area contributed by atoms with E-state index in [4.69, 9.17) is 11.6 Å². The standard InChI is InChI=1S/C6H3ClN3/c7-6-5-4(1-2-8-5)9-3-10-6/h1-3H. The van der Waals surface area contributed by atoms with E-state index < -0.39 is 0 Å². The molecule has 1 aliphatic rings. The zero-order valence-electron chi connectivity index (χ0n) is 4.95. The Morgan fingerprint density at radius 2 is 2.20 bits per heavy atom. The molecule has 0 aromatic carbocycles. The Hall–Kier alpha value is -1.09. The van der Waals surface area contributed by atoms with E-state index >= 15 is 0 Å². The highest BCUT2D eigenvalue weighted by Crippen LogP contribution is 2.26. The molecule has 0 fully saturated rings. The maximum absolute atomic E-state index is 5.68. The van der Waals surface area contributed by atoms with Crippen molar-refractivity contribution in [2.45, 2.75) is 0 Å². The molecule has 2 rings (SSSR count). The molecule has 10 heavy (non-hydrogen) atoms. The van der Waals surface area contributed by atoms with Gasteiger partial charge in [-0.2, -0.15) is 0 Å². The molecule has 0 amide bonds. The van der Waals surface area contributed by atoms with Gasteiger partial charge in [0.2, 0.25) is 0 Å². The minimum absolute atomic E-state index is 0.412. The lowest BCUT2D eigenvalue weighted by atomic mass is 10.4. The van der Waals surface area contributed by atoms with E-state index in [0.29, 0.717) is 10.8 Å². The Kier molecular flexibility index (Phi) is 1.11. The molecule has 0 N–H and O–H groups in total. The van der Waals surface area contributed by atoms with Crippen LogP contribution in [-0.2, 0) is 0 Å². The van der Waals surface area contributed by atoms with Crippen molar-refractivity contribution in [3.8, 4) is 0 Å². The summed E-state index contributed by atoms with van der Waals surface area (Å²) in [6.45, 7) is 0. The van der Waals surface area contributed by atoms with E-state index in [1.165, 1.54) is 6.33 Å². The van der Waals surface area contributed by atoms with Gasteiger partial charge in [-0.3, -0.25) is 5.32 Å². The molecule has 0 bridgehead atoms. The van der Waals surface area contributed by atoms with Crippen molar-refractivity contribution >= 4 is 23.4 Å². The quantitative estimate of drug-likeness (QED) is 0.527. The lowest BCUT2D eigenvalue weighted by Gasteiger charge is -1.95. The van der Waals surface area contributed by atoms with E-state index in [9.17, 15) is 0 Å². The predicted octanol–water partition coefficient (Wildman–Crippen LogP) is 1.35. The topological polar surface area (TPSA) is 39.9 Å². The summed E-state index contributed by atoms with van der Waals surface area (Å²) in [6, 6.07) is 0. The van der Waals surface area contributed by atoms with Crippen molar-refractivity contribution in [3.05, 3.63) is 23.4 Å². The normalized spacial score (nSPS) is 12.9. The van der Waals surface area contributed by atoms with Crippen LogP contribution in [0, 0.1) is 0 Å². The lowest BCUT2D eigenvalue weighted by Crippen LogP contribution is -1.88. The Morgan fingerprint density at radius 1 is 1.30 bits per heavy atom. The highest BCUT2D eigenvalue weighted by Gasteiger charge is 2.11. The molecule has 3 nitrogen and oxygen atoms in total. The molecule has 0 atom stereocenters. The molecule has 0 aliphatic carbocycles. The van der Waals surface area contributed by atoms with Gasteiger partial charge in [0.05, 0.1) is 5.69 Å². The highest BCUT2D eigenvalue weighted by molar-refractivity contribution is 6.32. The van der Waals surface area contributed by atoms with Crippen LogP contribution in [0.2, 0.25) is 5.15 Å². The van der Waals surface area contributed by atoms with Crippen LogP contribution >= 0.6 is 11.6 Å². The van der Waals surface area contributed by atoms with Crippen LogP contribution in [0.15, 0.2) is 12.5 Å². The summed E-state index contributed by atoms with van der Waals surface area (Å²) in [4.78, 5) is 7.72. The Labute approximate surface area is 62.8 Å². The molecule has 1 aliphatic heterocycles. The van der Waals surface area contributed by atoms with Crippen molar-refractivity contribution < 1.29 is 0 Å². The van der Waals surface area contributed by atoms with Crippen LogP contribution < -0.4 is 5.32 Å². The second-order valence-corrected chi connectivity index (χ2v) is 2.20. The maximum atomic E-state index is 5.68. The number of nitrogens with zero attached hydrogens (tertiary/aromatic N) is 3. The molecular weight excluding hydrogens is 150 g/mol. The van der Waals surface area contributed by atoms with Gasteiger partial charge in [-0.05, 0) is 6.08 Å². The van der Waals surface area contributed by atoms with E-state index in [1.807, 2.05) is 0 Å². The largest absolute Gasteiger partial charge is 0.251 e. The lowest BCUT2D eigenvalue weighted by molar-refractivity contribution is 1.10. The summed E-state index contributed by atoms with van der Waals surface area (Å²) in [7, 11) is 0. The van der Waals surface area contributed by atoms with Gasteiger partial charge in [-0.25, -0.2) is 9.97 Å². The van der Waals surface area contributed by atoms with Gasteiger partial charge in [-0.15, -0.1) is 0 Å². The van der Waals surface area contributed by atoms with Crippen molar-refractivity contribution in [3.63, 3.8) is 0 Å². The molecule has 49 valence electrons. The second kappa shape index (κ2) is 1.95. The molecular formula is C6H3ClN3. The minimum atomic E-state index is 0.412. The van der Waals surface area contributed by atoms with Crippen molar-refractivity contribution in [1.82, 2.24) is 15.3 Å². The monoisotopic (exact) mass is 152 g/mol. The zero-order valence-corrected chi connectivity index (χ0v) is 5.71. The highest BCUT2D eigenvalue weighted by atomic mass is 35.5. The first kappa shape index (κ1) is 5.68. The number of hydrogen-bond donors (Lipinski definition) is 0. The van der Waals surface area contributed by atoms with Crippen molar-refractivity contribution in [2.24, 2.45) is 0 Å². The average molecular weight is 153 g/mol. The van der Waals surface area contributed by atoms with E-state index in [0.717, 1.165) is 5.69 Å².